The zero-order valence-corrected chi connectivity index (χ0v) is 10.7. The second kappa shape index (κ2) is 5.90. The molecule has 1 amide bonds. The highest BCUT2D eigenvalue weighted by Crippen LogP contribution is 2.21. The highest BCUT2D eigenvalue weighted by atomic mass is 35.5. The summed E-state index contributed by atoms with van der Waals surface area (Å²) in [6.45, 7) is 5.93. The molecule has 3 heteroatoms. The lowest BCUT2D eigenvalue weighted by atomic mass is 10.1. The van der Waals surface area contributed by atoms with Crippen molar-refractivity contribution in [2.24, 2.45) is 0 Å². The molecule has 0 fully saturated rings. The zero-order chi connectivity index (χ0) is 12.1. The average Bonchev–Trinajstić information content (AvgIpc) is 2.27. The standard InChI is InChI=1S/C13H18ClNO/c1-4-10-5-7-11(8-6-10)12(14)13(16)15-9(2)3/h5-9,12H,4H2,1-3H3,(H,15,16). The number of aryl methyl sites for hydroxylation is 1. The minimum atomic E-state index is -0.603. The van der Waals surface area contributed by atoms with E-state index in [1.54, 1.807) is 0 Å². The monoisotopic (exact) mass is 239 g/mol. The molecule has 0 radical (unpaired) electrons. The molecule has 0 heterocycles. The van der Waals surface area contributed by atoms with Crippen LogP contribution in [0.4, 0.5) is 0 Å². The fraction of sp³-hybridized carbons (Fsp3) is 0.462. The summed E-state index contributed by atoms with van der Waals surface area (Å²) in [5, 5.41) is 2.20. The third-order valence-corrected chi connectivity index (χ3v) is 2.79. The van der Waals surface area contributed by atoms with Crippen molar-refractivity contribution in [2.75, 3.05) is 0 Å². The quantitative estimate of drug-likeness (QED) is 0.804. The van der Waals surface area contributed by atoms with Gasteiger partial charge in [-0.1, -0.05) is 31.2 Å². The number of benzene rings is 1. The maximum absolute atomic E-state index is 11.7. The van der Waals surface area contributed by atoms with Gasteiger partial charge in [0.2, 0.25) is 5.91 Å². The number of amides is 1. The van der Waals surface area contributed by atoms with Crippen LogP contribution in [0.1, 0.15) is 37.3 Å². The van der Waals surface area contributed by atoms with Crippen LogP contribution in [0.3, 0.4) is 0 Å². The van der Waals surface area contributed by atoms with Crippen molar-refractivity contribution in [3.63, 3.8) is 0 Å². The molecule has 0 aliphatic heterocycles. The van der Waals surface area contributed by atoms with Crippen LogP contribution in [0.15, 0.2) is 24.3 Å². The summed E-state index contributed by atoms with van der Waals surface area (Å²) >= 11 is 6.08. The molecular formula is C13H18ClNO. The van der Waals surface area contributed by atoms with Crippen LogP contribution >= 0.6 is 11.6 Å². The zero-order valence-electron chi connectivity index (χ0n) is 9.96. The van der Waals surface area contributed by atoms with E-state index >= 15 is 0 Å². The van der Waals surface area contributed by atoms with Gasteiger partial charge in [0.1, 0.15) is 5.38 Å². The lowest BCUT2D eigenvalue weighted by molar-refractivity contribution is -0.121. The number of alkyl halides is 1. The molecule has 0 aliphatic carbocycles. The second-order valence-corrected chi connectivity index (χ2v) is 4.56. The van der Waals surface area contributed by atoms with E-state index in [1.807, 2.05) is 38.1 Å². The molecule has 0 bridgehead atoms. The molecule has 0 saturated carbocycles. The molecule has 88 valence electrons. The van der Waals surface area contributed by atoms with Gasteiger partial charge in [-0.2, -0.15) is 0 Å². The lowest BCUT2D eigenvalue weighted by Gasteiger charge is -2.13. The summed E-state index contributed by atoms with van der Waals surface area (Å²) in [6, 6.07) is 7.96. The van der Waals surface area contributed by atoms with Crippen LogP contribution in [-0.4, -0.2) is 11.9 Å². The Labute approximate surface area is 102 Å². The summed E-state index contributed by atoms with van der Waals surface area (Å²) in [7, 11) is 0. The van der Waals surface area contributed by atoms with Crippen LogP contribution in [0.2, 0.25) is 0 Å². The average molecular weight is 240 g/mol. The molecular weight excluding hydrogens is 222 g/mol. The Morgan fingerprint density at radius 1 is 1.31 bits per heavy atom. The number of nitrogens with one attached hydrogen (secondary N) is 1. The van der Waals surface area contributed by atoms with Gasteiger partial charge in [0, 0.05) is 6.04 Å². The third-order valence-electron chi connectivity index (χ3n) is 2.34. The van der Waals surface area contributed by atoms with Crippen LogP contribution in [-0.2, 0) is 11.2 Å². The van der Waals surface area contributed by atoms with Crippen LogP contribution in [0.5, 0.6) is 0 Å². The number of hydrogen-bond acceptors (Lipinski definition) is 1. The number of halogens is 1. The van der Waals surface area contributed by atoms with Gasteiger partial charge < -0.3 is 5.32 Å². The van der Waals surface area contributed by atoms with E-state index in [4.69, 9.17) is 11.6 Å². The van der Waals surface area contributed by atoms with Crippen molar-refractivity contribution >= 4 is 17.5 Å². The van der Waals surface area contributed by atoms with Crippen molar-refractivity contribution in [2.45, 2.75) is 38.6 Å². The molecule has 2 nitrogen and oxygen atoms in total. The van der Waals surface area contributed by atoms with Gasteiger partial charge >= 0.3 is 0 Å². The molecule has 1 aromatic carbocycles. The fourth-order valence-corrected chi connectivity index (χ4v) is 1.64. The molecule has 1 N–H and O–H groups in total. The molecule has 0 aromatic heterocycles. The number of carbonyl (C=O) groups excluding carboxylic acids is 1. The van der Waals surface area contributed by atoms with Crippen LogP contribution in [0, 0.1) is 0 Å². The van der Waals surface area contributed by atoms with Crippen molar-refractivity contribution in [3.8, 4) is 0 Å². The Kier molecular flexibility index (Phi) is 4.81. The minimum absolute atomic E-state index is 0.115. The summed E-state index contributed by atoms with van der Waals surface area (Å²) in [5.74, 6) is -0.138. The first kappa shape index (κ1) is 13.0. The highest BCUT2D eigenvalue weighted by molar-refractivity contribution is 6.30. The smallest absolute Gasteiger partial charge is 0.242 e. The van der Waals surface area contributed by atoms with Crippen LogP contribution < -0.4 is 5.32 Å². The summed E-state index contributed by atoms with van der Waals surface area (Å²) in [6.07, 6.45) is 0.991. The first-order chi connectivity index (χ1) is 7.54. The molecule has 1 unspecified atom stereocenters. The maximum Gasteiger partial charge on any atom is 0.242 e. The Morgan fingerprint density at radius 2 is 1.88 bits per heavy atom. The molecule has 0 saturated heterocycles. The fourth-order valence-electron chi connectivity index (χ4n) is 1.43. The van der Waals surface area contributed by atoms with Crippen molar-refractivity contribution in [3.05, 3.63) is 35.4 Å². The molecule has 0 spiro atoms. The number of hydrogen-bond donors (Lipinski definition) is 1. The summed E-state index contributed by atoms with van der Waals surface area (Å²) in [5.41, 5.74) is 2.09. The van der Waals surface area contributed by atoms with Gasteiger partial charge in [0.05, 0.1) is 0 Å². The first-order valence-electron chi connectivity index (χ1n) is 5.58. The van der Waals surface area contributed by atoms with E-state index in [1.165, 1.54) is 5.56 Å². The van der Waals surface area contributed by atoms with E-state index in [2.05, 4.69) is 12.2 Å². The van der Waals surface area contributed by atoms with Crippen molar-refractivity contribution in [1.29, 1.82) is 0 Å². The van der Waals surface area contributed by atoms with Gasteiger partial charge in [-0.25, -0.2) is 0 Å². The Hall–Kier alpha value is -1.02. The molecule has 0 aliphatic rings. The first-order valence-corrected chi connectivity index (χ1v) is 6.01. The summed E-state index contributed by atoms with van der Waals surface area (Å²) in [4.78, 5) is 11.7. The summed E-state index contributed by atoms with van der Waals surface area (Å²) < 4.78 is 0. The largest absolute Gasteiger partial charge is 0.352 e. The highest BCUT2D eigenvalue weighted by Gasteiger charge is 2.17. The number of carbonyl (C=O) groups is 1. The Balaban J connectivity index is 2.72. The molecule has 1 atom stereocenters. The van der Waals surface area contributed by atoms with Gasteiger partial charge in [-0.05, 0) is 31.4 Å². The van der Waals surface area contributed by atoms with Gasteiger partial charge in [-0.3, -0.25) is 4.79 Å². The topological polar surface area (TPSA) is 29.1 Å². The predicted octanol–water partition coefficient (Wildman–Crippen LogP) is 3.05. The molecule has 1 aromatic rings. The van der Waals surface area contributed by atoms with E-state index in [0.717, 1.165) is 12.0 Å². The van der Waals surface area contributed by atoms with E-state index in [9.17, 15) is 4.79 Å². The van der Waals surface area contributed by atoms with Gasteiger partial charge in [0.15, 0.2) is 0 Å². The predicted molar refractivity (Wildman–Crippen MR) is 67.7 cm³/mol. The maximum atomic E-state index is 11.7. The van der Waals surface area contributed by atoms with E-state index in [0.29, 0.717) is 0 Å². The van der Waals surface area contributed by atoms with Crippen molar-refractivity contribution < 1.29 is 4.79 Å². The van der Waals surface area contributed by atoms with Gasteiger partial charge in [0.25, 0.3) is 0 Å². The van der Waals surface area contributed by atoms with Crippen LogP contribution in [0.25, 0.3) is 0 Å². The van der Waals surface area contributed by atoms with Gasteiger partial charge in [-0.15, -0.1) is 11.6 Å². The second-order valence-electron chi connectivity index (χ2n) is 4.12. The third kappa shape index (κ3) is 3.53. The Bertz CT molecular complexity index is 345. The SMILES string of the molecule is CCc1ccc(C(Cl)C(=O)NC(C)C)cc1. The van der Waals surface area contributed by atoms with E-state index in [-0.39, 0.29) is 11.9 Å². The van der Waals surface area contributed by atoms with E-state index < -0.39 is 5.38 Å². The lowest BCUT2D eigenvalue weighted by Crippen LogP contribution is -2.32. The number of rotatable bonds is 4. The Morgan fingerprint density at radius 3 is 2.31 bits per heavy atom. The minimum Gasteiger partial charge on any atom is -0.352 e. The van der Waals surface area contributed by atoms with Crippen molar-refractivity contribution in [1.82, 2.24) is 5.32 Å². The molecule has 16 heavy (non-hydrogen) atoms. The molecule has 1 rings (SSSR count). The normalized spacial score (nSPS) is 12.6.